The Bertz CT molecular complexity index is 1480. The summed E-state index contributed by atoms with van der Waals surface area (Å²) >= 11 is 1.51. The summed E-state index contributed by atoms with van der Waals surface area (Å²) in [6, 6.07) is 16.7. The molecule has 2 heterocycles. The molecule has 34 heavy (non-hydrogen) atoms. The largest absolute Gasteiger partial charge is 0.268 e. The Hall–Kier alpha value is -3.14. The lowest BCUT2D eigenvalue weighted by molar-refractivity contribution is 0.548. The topological polar surface area (TPSA) is 93.9 Å². The number of nitrogens with one attached hydrogen (secondary N) is 1. The number of rotatable bonds is 7. The van der Waals surface area contributed by atoms with E-state index in [0.717, 1.165) is 26.7 Å². The number of hydrogen-bond acceptors (Lipinski definition) is 6. The number of aromatic nitrogens is 3. The lowest BCUT2D eigenvalue weighted by Gasteiger charge is -2.13. The average molecular weight is 495 g/mol. The fraction of sp³-hybridized carbons (Fsp3) is 0.240. The number of hydrogen-bond donors (Lipinski definition) is 1. The summed E-state index contributed by atoms with van der Waals surface area (Å²) in [6.07, 6.45) is 0. The van der Waals surface area contributed by atoms with E-state index in [0.29, 0.717) is 16.8 Å². The molecule has 176 valence electrons. The highest BCUT2D eigenvalue weighted by molar-refractivity contribution is 7.89. The zero-order valence-corrected chi connectivity index (χ0v) is 21.1. The molecular weight excluding hydrogens is 468 g/mol. The highest BCUT2D eigenvalue weighted by atomic mass is 32.2. The van der Waals surface area contributed by atoms with Gasteiger partial charge in [0.1, 0.15) is 10.7 Å². The SMILES string of the molecule is Cc1cc(C)c(S(=O)(=O)NCCn2nc(-c3sc(-c4ccccc4)nc3C)ccc2=O)c(C)c1. The maximum Gasteiger partial charge on any atom is 0.266 e. The first-order valence-corrected chi connectivity index (χ1v) is 13.1. The van der Waals surface area contributed by atoms with Gasteiger partial charge < -0.3 is 0 Å². The summed E-state index contributed by atoms with van der Waals surface area (Å²) in [4.78, 5) is 18.2. The van der Waals surface area contributed by atoms with Gasteiger partial charge in [0.2, 0.25) is 10.0 Å². The smallest absolute Gasteiger partial charge is 0.266 e. The van der Waals surface area contributed by atoms with Gasteiger partial charge in [0.25, 0.3) is 5.56 Å². The zero-order chi connectivity index (χ0) is 24.5. The van der Waals surface area contributed by atoms with Gasteiger partial charge in [-0.15, -0.1) is 11.3 Å². The average Bonchev–Trinajstić information content (AvgIpc) is 3.16. The number of benzene rings is 2. The molecule has 0 spiro atoms. The van der Waals surface area contributed by atoms with E-state index in [1.165, 1.54) is 22.1 Å². The molecule has 0 amide bonds. The summed E-state index contributed by atoms with van der Waals surface area (Å²) in [6.45, 7) is 7.57. The molecule has 0 fully saturated rings. The van der Waals surface area contributed by atoms with Gasteiger partial charge in [-0.1, -0.05) is 48.0 Å². The van der Waals surface area contributed by atoms with Crippen LogP contribution in [0.2, 0.25) is 0 Å². The molecule has 0 aliphatic rings. The normalized spacial score (nSPS) is 11.6. The van der Waals surface area contributed by atoms with Crippen molar-refractivity contribution in [2.75, 3.05) is 6.54 Å². The Labute approximate surface area is 203 Å². The van der Waals surface area contributed by atoms with E-state index >= 15 is 0 Å². The zero-order valence-electron chi connectivity index (χ0n) is 19.5. The number of thiazole rings is 1. The second kappa shape index (κ2) is 9.61. The van der Waals surface area contributed by atoms with E-state index in [4.69, 9.17) is 0 Å². The van der Waals surface area contributed by atoms with Gasteiger partial charge in [0, 0.05) is 18.2 Å². The summed E-state index contributed by atoms with van der Waals surface area (Å²) in [5.74, 6) is 0. The number of nitrogens with zero attached hydrogens (tertiary/aromatic N) is 3. The predicted molar refractivity (Wildman–Crippen MR) is 136 cm³/mol. The molecule has 0 aliphatic carbocycles. The summed E-state index contributed by atoms with van der Waals surface area (Å²) in [5, 5.41) is 5.37. The third kappa shape index (κ3) is 5.01. The lowest BCUT2D eigenvalue weighted by Crippen LogP contribution is -2.32. The molecule has 0 atom stereocenters. The number of aryl methyl sites for hydroxylation is 4. The molecule has 4 rings (SSSR count). The van der Waals surface area contributed by atoms with E-state index in [1.54, 1.807) is 19.9 Å². The molecule has 0 radical (unpaired) electrons. The molecule has 0 bridgehead atoms. The van der Waals surface area contributed by atoms with Crippen LogP contribution in [0.1, 0.15) is 22.4 Å². The van der Waals surface area contributed by atoms with E-state index in [-0.39, 0.29) is 23.5 Å². The van der Waals surface area contributed by atoms with Crippen LogP contribution in [0.3, 0.4) is 0 Å². The molecule has 0 aliphatic heterocycles. The van der Waals surface area contributed by atoms with Crippen LogP contribution in [0.25, 0.3) is 21.1 Å². The Kier molecular flexibility index (Phi) is 6.79. The van der Waals surface area contributed by atoms with Crippen molar-refractivity contribution in [3.8, 4) is 21.1 Å². The van der Waals surface area contributed by atoms with Gasteiger partial charge in [0.05, 0.1) is 22.0 Å². The van der Waals surface area contributed by atoms with E-state index in [9.17, 15) is 13.2 Å². The highest BCUT2D eigenvalue weighted by Gasteiger charge is 2.20. The maximum absolute atomic E-state index is 12.9. The Morgan fingerprint density at radius 1 is 0.971 bits per heavy atom. The first-order valence-electron chi connectivity index (χ1n) is 10.8. The van der Waals surface area contributed by atoms with Crippen molar-refractivity contribution < 1.29 is 8.42 Å². The van der Waals surface area contributed by atoms with Crippen molar-refractivity contribution in [3.05, 3.63) is 87.3 Å². The minimum absolute atomic E-state index is 0.0440. The standard InChI is InChI=1S/C25H26N4O3S2/c1-16-14-17(2)24(18(3)15-16)34(31,32)26-12-13-29-22(30)11-10-21(28-29)23-19(4)27-25(33-23)20-8-6-5-7-9-20/h5-11,14-15,26H,12-13H2,1-4H3. The van der Waals surface area contributed by atoms with Crippen molar-refractivity contribution in [2.24, 2.45) is 0 Å². The third-order valence-corrected chi connectivity index (χ3v) is 8.40. The Morgan fingerprint density at radius 2 is 1.65 bits per heavy atom. The molecule has 2 aromatic heterocycles. The van der Waals surface area contributed by atoms with Gasteiger partial charge in [0.15, 0.2) is 0 Å². The second-order valence-electron chi connectivity index (χ2n) is 8.21. The molecule has 9 heteroatoms. The molecule has 0 saturated heterocycles. The van der Waals surface area contributed by atoms with Crippen molar-refractivity contribution in [1.82, 2.24) is 19.5 Å². The van der Waals surface area contributed by atoms with Crippen LogP contribution in [0.15, 0.2) is 64.3 Å². The van der Waals surface area contributed by atoms with Gasteiger partial charge >= 0.3 is 0 Å². The maximum atomic E-state index is 12.9. The molecular formula is C25H26N4O3S2. The van der Waals surface area contributed by atoms with Crippen LogP contribution in [-0.4, -0.2) is 29.7 Å². The van der Waals surface area contributed by atoms with Crippen molar-refractivity contribution in [2.45, 2.75) is 39.1 Å². The molecule has 2 aromatic carbocycles. The van der Waals surface area contributed by atoms with Crippen molar-refractivity contribution in [3.63, 3.8) is 0 Å². The van der Waals surface area contributed by atoms with Crippen LogP contribution >= 0.6 is 11.3 Å². The molecule has 1 N–H and O–H groups in total. The molecule has 4 aromatic rings. The van der Waals surface area contributed by atoms with E-state index in [2.05, 4.69) is 14.8 Å². The Morgan fingerprint density at radius 3 is 2.32 bits per heavy atom. The quantitative estimate of drug-likeness (QED) is 0.415. The van der Waals surface area contributed by atoms with Crippen molar-refractivity contribution in [1.29, 1.82) is 0 Å². The fourth-order valence-electron chi connectivity index (χ4n) is 4.02. The predicted octanol–water partition coefficient (Wildman–Crippen LogP) is 4.25. The van der Waals surface area contributed by atoms with Crippen LogP contribution in [0, 0.1) is 27.7 Å². The summed E-state index contributed by atoms with van der Waals surface area (Å²) in [5.41, 5.74) is 4.57. The van der Waals surface area contributed by atoms with E-state index in [1.807, 2.05) is 56.3 Å². The monoisotopic (exact) mass is 494 g/mol. The van der Waals surface area contributed by atoms with Crippen LogP contribution in [0.5, 0.6) is 0 Å². The molecule has 7 nitrogen and oxygen atoms in total. The lowest BCUT2D eigenvalue weighted by atomic mass is 10.1. The highest BCUT2D eigenvalue weighted by Crippen LogP contribution is 2.33. The van der Waals surface area contributed by atoms with Gasteiger partial charge in [-0.3, -0.25) is 4.79 Å². The van der Waals surface area contributed by atoms with Gasteiger partial charge in [-0.2, -0.15) is 5.10 Å². The summed E-state index contributed by atoms with van der Waals surface area (Å²) in [7, 11) is -3.72. The first kappa shape index (κ1) is 24.0. The van der Waals surface area contributed by atoms with E-state index < -0.39 is 10.0 Å². The van der Waals surface area contributed by atoms with Gasteiger partial charge in [-0.25, -0.2) is 22.8 Å². The first-order chi connectivity index (χ1) is 16.2. The molecule has 0 unspecified atom stereocenters. The minimum Gasteiger partial charge on any atom is -0.268 e. The van der Waals surface area contributed by atoms with Gasteiger partial charge in [-0.05, 0) is 44.9 Å². The number of sulfonamides is 1. The van der Waals surface area contributed by atoms with Crippen molar-refractivity contribution >= 4 is 21.4 Å². The fourth-order valence-corrected chi connectivity index (χ4v) is 6.52. The third-order valence-electron chi connectivity index (χ3n) is 5.41. The van der Waals surface area contributed by atoms with Crippen LogP contribution < -0.4 is 10.3 Å². The van der Waals surface area contributed by atoms with Crippen LogP contribution in [-0.2, 0) is 16.6 Å². The molecule has 0 saturated carbocycles. The van der Waals surface area contributed by atoms with Crippen LogP contribution in [0.4, 0.5) is 0 Å². The minimum atomic E-state index is -3.72. The second-order valence-corrected chi connectivity index (χ2v) is 10.9. The summed E-state index contributed by atoms with van der Waals surface area (Å²) < 4.78 is 29.7. The Balaban J connectivity index is 1.54.